The molecule has 8 heteroatoms. The van der Waals surface area contributed by atoms with Gasteiger partial charge in [0, 0.05) is 31.6 Å². The van der Waals surface area contributed by atoms with Gasteiger partial charge in [-0.25, -0.2) is 13.1 Å². The number of ether oxygens (including phenoxy) is 1. The van der Waals surface area contributed by atoms with Gasteiger partial charge < -0.3 is 15.0 Å². The highest BCUT2D eigenvalue weighted by Gasteiger charge is 2.22. The minimum absolute atomic E-state index is 0.189. The first-order chi connectivity index (χ1) is 13.8. The molecule has 2 aromatic carbocycles. The summed E-state index contributed by atoms with van der Waals surface area (Å²) in [7, 11) is -2.03. The molecule has 1 aliphatic heterocycles. The lowest BCUT2D eigenvalue weighted by Crippen LogP contribution is -2.33. The number of sulfonamides is 1. The summed E-state index contributed by atoms with van der Waals surface area (Å²) < 4.78 is 32.7. The van der Waals surface area contributed by atoms with Crippen molar-refractivity contribution in [2.24, 2.45) is 0 Å². The molecule has 2 N–H and O–H groups in total. The molecular formula is C21H27N3O4S. The minimum Gasteiger partial charge on any atom is -0.380 e. The van der Waals surface area contributed by atoms with E-state index in [-0.39, 0.29) is 17.5 Å². The van der Waals surface area contributed by atoms with Crippen molar-refractivity contribution in [3.8, 4) is 0 Å². The summed E-state index contributed by atoms with van der Waals surface area (Å²) in [6.07, 6.45) is 1.25. The number of hydrogen-bond donors (Lipinski definition) is 2. The summed E-state index contributed by atoms with van der Waals surface area (Å²) in [4.78, 5) is 14.6. The van der Waals surface area contributed by atoms with Crippen molar-refractivity contribution >= 4 is 27.3 Å². The number of carbonyl (C=O) groups is 1. The summed E-state index contributed by atoms with van der Waals surface area (Å²) in [5, 5.41) is 2.72. The second-order valence-electron chi connectivity index (χ2n) is 7.28. The lowest BCUT2D eigenvalue weighted by Gasteiger charge is -2.18. The molecule has 1 saturated heterocycles. The van der Waals surface area contributed by atoms with Crippen molar-refractivity contribution in [2.45, 2.75) is 31.3 Å². The summed E-state index contributed by atoms with van der Waals surface area (Å²) in [6.45, 7) is 5.00. The van der Waals surface area contributed by atoms with Crippen LogP contribution in [0.5, 0.6) is 0 Å². The van der Waals surface area contributed by atoms with Crippen LogP contribution in [-0.4, -0.2) is 47.2 Å². The Bertz CT molecular complexity index is 974. The van der Waals surface area contributed by atoms with Crippen LogP contribution in [0.1, 0.15) is 17.5 Å². The van der Waals surface area contributed by atoms with E-state index in [0.29, 0.717) is 11.3 Å². The molecule has 0 bridgehead atoms. The number of nitrogens with zero attached hydrogens (tertiary/aromatic N) is 1. The van der Waals surface area contributed by atoms with Gasteiger partial charge >= 0.3 is 0 Å². The number of methoxy groups -OCH3 is 1. The van der Waals surface area contributed by atoms with E-state index in [2.05, 4.69) is 14.9 Å². The fourth-order valence-electron chi connectivity index (χ4n) is 3.35. The van der Waals surface area contributed by atoms with Gasteiger partial charge in [0.15, 0.2) is 0 Å². The number of benzene rings is 2. The van der Waals surface area contributed by atoms with Gasteiger partial charge in [-0.15, -0.1) is 0 Å². The number of hydrogen-bond acceptors (Lipinski definition) is 5. The molecule has 0 aromatic heterocycles. The molecule has 0 spiro atoms. The van der Waals surface area contributed by atoms with Crippen LogP contribution in [0.3, 0.4) is 0 Å². The van der Waals surface area contributed by atoms with Crippen molar-refractivity contribution in [2.75, 3.05) is 37.0 Å². The van der Waals surface area contributed by atoms with Gasteiger partial charge in [-0.05, 0) is 61.7 Å². The Labute approximate surface area is 172 Å². The maximum Gasteiger partial charge on any atom is 0.241 e. The number of carbonyl (C=O) groups excluding carboxylic acids is 1. The topological polar surface area (TPSA) is 87.7 Å². The Morgan fingerprint density at radius 1 is 1.17 bits per heavy atom. The van der Waals surface area contributed by atoms with Crippen LogP contribution >= 0.6 is 0 Å². The normalized spacial score (nSPS) is 16.8. The molecule has 7 nitrogen and oxygen atoms in total. The first-order valence-corrected chi connectivity index (χ1v) is 11.0. The number of anilines is 2. The molecule has 1 atom stereocenters. The van der Waals surface area contributed by atoms with Crippen LogP contribution in [0.4, 0.5) is 11.4 Å². The van der Waals surface area contributed by atoms with Gasteiger partial charge in [0.2, 0.25) is 15.9 Å². The molecule has 2 aromatic rings. The van der Waals surface area contributed by atoms with Gasteiger partial charge in [-0.2, -0.15) is 0 Å². The third-order valence-corrected chi connectivity index (χ3v) is 6.59. The van der Waals surface area contributed by atoms with Gasteiger partial charge in [-0.3, -0.25) is 4.79 Å². The molecule has 1 heterocycles. The average Bonchev–Trinajstić information content (AvgIpc) is 3.18. The van der Waals surface area contributed by atoms with Crippen LogP contribution in [0.25, 0.3) is 0 Å². The van der Waals surface area contributed by atoms with Crippen LogP contribution in [0.2, 0.25) is 0 Å². The average molecular weight is 418 g/mol. The van der Waals surface area contributed by atoms with E-state index in [0.717, 1.165) is 30.8 Å². The first-order valence-electron chi connectivity index (χ1n) is 9.53. The second-order valence-corrected chi connectivity index (χ2v) is 9.02. The zero-order chi connectivity index (χ0) is 21.0. The molecule has 0 aliphatic carbocycles. The Balaban J connectivity index is 1.56. The maximum absolute atomic E-state index is 12.5. The summed E-state index contributed by atoms with van der Waals surface area (Å²) in [6, 6.07) is 12.7. The van der Waals surface area contributed by atoms with Crippen LogP contribution in [-0.2, 0) is 19.6 Å². The van der Waals surface area contributed by atoms with Crippen molar-refractivity contribution in [3.63, 3.8) is 0 Å². The molecule has 0 saturated carbocycles. The molecular weight excluding hydrogens is 390 g/mol. The summed E-state index contributed by atoms with van der Waals surface area (Å²) in [5.74, 6) is -0.424. The van der Waals surface area contributed by atoms with E-state index in [1.807, 2.05) is 37.3 Å². The third kappa shape index (κ3) is 5.35. The minimum atomic E-state index is -3.76. The van der Waals surface area contributed by atoms with Crippen molar-refractivity contribution in [1.29, 1.82) is 0 Å². The number of nitrogens with one attached hydrogen (secondary N) is 2. The molecule has 3 rings (SSSR count). The number of amides is 1. The van der Waals surface area contributed by atoms with Gasteiger partial charge in [0.1, 0.15) is 0 Å². The van der Waals surface area contributed by atoms with E-state index < -0.39 is 15.9 Å². The van der Waals surface area contributed by atoms with E-state index in [1.54, 1.807) is 26.2 Å². The monoisotopic (exact) mass is 417 g/mol. The standard InChI is InChI=1S/C21H27N3O4S/c1-15-4-5-16(2)20(12-15)29(26,27)22-13-21(25)23-17-6-8-18(9-7-17)24-11-10-19(14-24)28-3/h4-9,12,19,22H,10-11,13-14H2,1-3H3,(H,23,25). The van der Waals surface area contributed by atoms with Crippen LogP contribution < -0.4 is 14.9 Å². The third-order valence-electron chi connectivity index (χ3n) is 5.05. The fourth-order valence-corrected chi connectivity index (χ4v) is 4.66. The highest BCUT2D eigenvalue weighted by molar-refractivity contribution is 7.89. The quantitative estimate of drug-likeness (QED) is 0.723. The zero-order valence-corrected chi connectivity index (χ0v) is 17.8. The highest BCUT2D eigenvalue weighted by Crippen LogP contribution is 2.23. The number of aryl methyl sites for hydroxylation is 2. The predicted molar refractivity (Wildman–Crippen MR) is 114 cm³/mol. The van der Waals surface area contributed by atoms with Crippen LogP contribution in [0.15, 0.2) is 47.4 Å². The molecule has 1 amide bonds. The molecule has 29 heavy (non-hydrogen) atoms. The maximum atomic E-state index is 12.5. The molecule has 0 radical (unpaired) electrons. The second kappa shape index (κ2) is 8.94. The first kappa shape index (κ1) is 21.3. The van der Waals surface area contributed by atoms with E-state index in [1.165, 1.54) is 0 Å². The molecule has 156 valence electrons. The van der Waals surface area contributed by atoms with Crippen molar-refractivity contribution in [3.05, 3.63) is 53.6 Å². The Morgan fingerprint density at radius 2 is 1.90 bits per heavy atom. The molecule has 1 aliphatic rings. The lowest BCUT2D eigenvalue weighted by molar-refractivity contribution is -0.115. The van der Waals surface area contributed by atoms with Gasteiger partial charge in [-0.1, -0.05) is 12.1 Å². The van der Waals surface area contributed by atoms with Crippen molar-refractivity contribution in [1.82, 2.24) is 4.72 Å². The lowest BCUT2D eigenvalue weighted by atomic mass is 10.2. The summed E-state index contributed by atoms with van der Waals surface area (Å²) in [5.41, 5.74) is 3.16. The Morgan fingerprint density at radius 3 is 2.55 bits per heavy atom. The Kier molecular flexibility index (Phi) is 6.56. The van der Waals surface area contributed by atoms with Gasteiger partial charge in [0.25, 0.3) is 0 Å². The van der Waals surface area contributed by atoms with Gasteiger partial charge in [0.05, 0.1) is 17.5 Å². The predicted octanol–water partition coefficient (Wildman–Crippen LogP) is 2.45. The van der Waals surface area contributed by atoms with E-state index >= 15 is 0 Å². The van der Waals surface area contributed by atoms with E-state index in [4.69, 9.17) is 4.74 Å². The SMILES string of the molecule is COC1CCN(c2ccc(NC(=O)CNS(=O)(=O)c3cc(C)ccc3C)cc2)C1. The smallest absolute Gasteiger partial charge is 0.241 e. The summed E-state index contributed by atoms with van der Waals surface area (Å²) >= 11 is 0. The fraction of sp³-hybridized carbons (Fsp3) is 0.381. The largest absolute Gasteiger partial charge is 0.380 e. The molecule has 1 unspecified atom stereocenters. The van der Waals surface area contributed by atoms with Crippen LogP contribution in [0, 0.1) is 13.8 Å². The highest BCUT2D eigenvalue weighted by atomic mass is 32.2. The Hall–Kier alpha value is -2.42. The number of rotatable bonds is 7. The van der Waals surface area contributed by atoms with Crippen molar-refractivity contribution < 1.29 is 17.9 Å². The zero-order valence-electron chi connectivity index (χ0n) is 16.9. The molecule has 1 fully saturated rings. The van der Waals surface area contributed by atoms with E-state index in [9.17, 15) is 13.2 Å².